The Balaban J connectivity index is 1.52. The maximum absolute atomic E-state index is 14.4. The normalized spacial score (nSPS) is 17.5. The largest absolute Gasteiger partial charge is 0.358 e. The summed E-state index contributed by atoms with van der Waals surface area (Å²) >= 11 is 0. The first-order valence-electron chi connectivity index (χ1n) is 12.4. The van der Waals surface area contributed by atoms with Crippen LogP contribution in [0.1, 0.15) is 36.3 Å². The zero-order chi connectivity index (χ0) is 27.9. The van der Waals surface area contributed by atoms with Crippen molar-refractivity contribution < 1.29 is 18.8 Å². The fourth-order valence-corrected chi connectivity index (χ4v) is 4.58. The lowest BCUT2D eigenvalue weighted by Crippen LogP contribution is -2.46. The van der Waals surface area contributed by atoms with Crippen molar-refractivity contribution in [1.29, 1.82) is 0 Å². The van der Waals surface area contributed by atoms with Gasteiger partial charge >= 0.3 is 0 Å². The zero-order valence-electron chi connectivity index (χ0n) is 21.8. The number of pyridine rings is 1. The van der Waals surface area contributed by atoms with E-state index in [9.17, 15) is 18.8 Å². The number of carbonyl (C=O) groups excluding carboxylic acids is 3. The first-order chi connectivity index (χ1) is 18.8. The number of carbonyl (C=O) groups is 3. The predicted molar refractivity (Wildman–Crippen MR) is 148 cm³/mol. The summed E-state index contributed by atoms with van der Waals surface area (Å²) in [7, 11) is 0. The van der Waals surface area contributed by atoms with Crippen LogP contribution >= 0.6 is 0 Å². The molecule has 10 nitrogen and oxygen atoms in total. The van der Waals surface area contributed by atoms with Crippen molar-refractivity contribution in [3.63, 3.8) is 0 Å². The molecule has 0 unspecified atom stereocenters. The molecule has 0 spiro atoms. The number of aliphatic imine (C=N–C) groups is 2. The lowest BCUT2D eigenvalue weighted by molar-refractivity contribution is -0.139. The molecule has 0 aliphatic carbocycles. The van der Waals surface area contributed by atoms with Gasteiger partial charge in [0.05, 0.1) is 18.8 Å². The lowest BCUT2D eigenvalue weighted by Gasteiger charge is -2.24. The molecule has 4 rings (SSSR count). The van der Waals surface area contributed by atoms with E-state index in [1.807, 2.05) is 25.1 Å². The number of ketones is 1. The Hall–Kier alpha value is -4.67. The quantitative estimate of drug-likeness (QED) is 0.236. The minimum Gasteiger partial charge on any atom is -0.358 e. The number of nitrogens with zero attached hydrogens (tertiary/aromatic N) is 5. The van der Waals surface area contributed by atoms with E-state index in [1.165, 1.54) is 18.2 Å². The summed E-state index contributed by atoms with van der Waals surface area (Å²) in [6.45, 7) is 6.50. The van der Waals surface area contributed by atoms with E-state index in [0.29, 0.717) is 22.2 Å². The number of fused-ring (bicyclic) bond motifs is 1. The van der Waals surface area contributed by atoms with Crippen LogP contribution in [0.2, 0.25) is 0 Å². The van der Waals surface area contributed by atoms with Crippen molar-refractivity contribution in [2.75, 3.05) is 11.9 Å². The molecule has 1 aliphatic heterocycles. The Morgan fingerprint density at radius 3 is 2.77 bits per heavy atom. The molecule has 1 saturated heterocycles. The number of allylic oxidation sites excluding steroid dienone is 1. The van der Waals surface area contributed by atoms with Crippen molar-refractivity contribution in [2.45, 2.75) is 45.6 Å². The van der Waals surface area contributed by atoms with E-state index in [0.717, 1.165) is 11.4 Å². The van der Waals surface area contributed by atoms with Gasteiger partial charge in [-0.25, -0.2) is 9.38 Å². The number of halogens is 1. The highest BCUT2D eigenvalue weighted by molar-refractivity contribution is 6.08. The molecule has 0 saturated carbocycles. The van der Waals surface area contributed by atoms with Gasteiger partial charge in [-0.1, -0.05) is 6.07 Å². The molecule has 2 atom stereocenters. The van der Waals surface area contributed by atoms with E-state index in [4.69, 9.17) is 0 Å². The molecule has 1 fully saturated rings. The van der Waals surface area contributed by atoms with E-state index < -0.39 is 24.0 Å². The van der Waals surface area contributed by atoms with Gasteiger partial charge in [-0.3, -0.25) is 24.4 Å². The van der Waals surface area contributed by atoms with E-state index >= 15 is 0 Å². The van der Waals surface area contributed by atoms with E-state index in [2.05, 4.69) is 32.3 Å². The van der Waals surface area contributed by atoms with Gasteiger partial charge in [-0.15, -0.1) is 0 Å². The van der Waals surface area contributed by atoms with Crippen molar-refractivity contribution in [3.8, 4) is 0 Å². The van der Waals surface area contributed by atoms with Gasteiger partial charge in [0.1, 0.15) is 25.1 Å². The number of alkyl halides is 1. The molecule has 1 aromatic carbocycles. The lowest BCUT2D eigenvalue weighted by atomic mass is 10.1. The molecule has 2 N–H and O–H groups in total. The average Bonchev–Trinajstić information content (AvgIpc) is 3.48. The number of nitrogens with one attached hydrogen (secondary N) is 2. The molecule has 1 aliphatic rings. The number of aromatic nitrogens is 2. The number of anilines is 1. The summed E-state index contributed by atoms with van der Waals surface area (Å²) in [6.07, 6.45) is 4.78. The summed E-state index contributed by atoms with van der Waals surface area (Å²) in [5.41, 5.74) is 3.26. The Morgan fingerprint density at radius 2 is 2.05 bits per heavy atom. The topological polar surface area (TPSA) is 121 Å². The van der Waals surface area contributed by atoms with Crippen LogP contribution in [0.5, 0.6) is 0 Å². The van der Waals surface area contributed by atoms with Gasteiger partial charge in [0.15, 0.2) is 5.78 Å². The monoisotopic (exact) mass is 531 g/mol. The molecule has 3 heterocycles. The summed E-state index contributed by atoms with van der Waals surface area (Å²) in [4.78, 5) is 51.6. The second kappa shape index (κ2) is 12.2. The Morgan fingerprint density at radius 1 is 1.23 bits per heavy atom. The summed E-state index contributed by atoms with van der Waals surface area (Å²) in [6, 6.07) is 9.87. The highest BCUT2D eigenvalue weighted by atomic mass is 19.1. The van der Waals surface area contributed by atoms with E-state index in [1.54, 1.807) is 41.4 Å². The third kappa shape index (κ3) is 6.61. The summed E-state index contributed by atoms with van der Waals surface area (Å²) in [5, 5.41) is 6.62. The van der Waals surface area contributed by atoms with Crippen LogP contribution in [0.4, 0.5) is 10.1 Å². The van der Waals surface area contributed by atoms with Crippen molar-refractivity contribution in [2.24, 2.45) is 9.98 Å². The third-order valence-corrected chi connectivity index (χ3v) is 6.37. The van der Waals surface area contributed by atoms with Crippen LogP contribution in [-0.4, -0.2) is 63.9 Å². The van der Waals surface area contributed by atoms with Crippen LogP contribution < -0.4 is 10.6 Å². The van der Waals surface area contributed by atoms with Gasteiger partial charge in [0.2, 0.25) is 11.8 Å². The number of Topliss-reactive ketones (excluding diaryl/α,β-unsaturated/α-hetero) is 1. The molecule has 202 valence electrons. The minimum atomic E-state index is -1.30. The van der Waals surface area contributed by atoms with Gasteiger partial charge in [-0.05, 0) is 50.9 Å². The first-order valence-corrected chi connectivity index (χ1v) is 12.4. The molecule has 3 aromatic rings. The number of hydrogen-bond donors (Lipinski definition) is 2. The molecule has 2 amide bonds. The summed E-state index contributed by atoms with van der Waals surface area (Å²) in [5.74, 6) is -0.993. The SMILES string of the molecule is C=NC=N/C=C(\C)Nc1ccc2c(c1)c(C(C)=O)cn2CC(=O)N1C[C@H](F)C[C@H]1C(=O)NCc1ccccn1. The van der Waals surface area contributed by atoms with Crippen LogP contribution in [-0.2, 0) is 22.7 Å². The first kappa shape index (κ1) is 27.4. The average molecular weight is 532 g/mol. The van der Waals surface area contributed by atoms with E-state index in [-0.39, 0.29) is 31.8 Å². The number of amides is 2. The molecule has 39 heavy (non-hydrogen) atoms. The molecular formula is C28H30FN7O3. The number of benzene rings is 1. The fraction of sp³-hybridized carbons (Fsp3) is 0.286. The van der Waals surface area contributed by atoms with Crippen LogP contribution in [0.3, 0.4) is 0 Å². The summed E-state index contributed by atoms with van der Waals surface area (Å²) < 4.78 is 16.1. The Bertz CT molecular complexity index is 1450. The molecule has 2 aromatic heterocycles. The van der Waals surface area contributed by atoms with Gasteiger partial charge in [0, 0.05) is 52.9 Å². The Labute approximate surface area is 225 Å². The van der Waals surface area contributed by atoms with Crippen LogP contribution in [0.15, 0.2) is 70.7 Å². The Kier molecular flexibility index (Phi) is 8.60. The highest BCUT2D eigenvalue weighted by Crippen LogP contribution is 2.27. The molecular weight excluding hydrogens is 501 g/mol. The highest BCUT2D eigenvalue weighted by Gasteiger charge is 2.39. The second-order valence-electron chi connectivity index (χ2n) is 9.28. The molecule has 0 radical (unpaired) electrons. The van der Waals surface area contributed by atoms with Crippen molar-refractivity contribution in [3.05, 3.63) is 71.9 Å². The maximum atomic E-state index is 14.4. The van der Waals surface area contributed by atoms with Crippen molar-refractivity contribution in [1.82, 2.24) is 19.8 Å². The maximum Gasteiger partial charge on any atom is 0.243 e. The van der Waals surface area contributed by atoms with Gasteiger partial charge in [-0.2, -0.15) is 0 Å². The van der Waals surface area contributed by atoms with Crippen molar-refractivity contribution >= 4 is 47.2 Å². The van der Waals surface area contributed by atoms with Gasteiger partial charge in [0.25, 0.3) is 0 Å². The second-order valence-corrected chi connectivity index (χ2v) is 9.28. The number of likely N-dealkylation sites (tertiary alicyclic amines) is 1. The fourth-order valence-electron chi connectivity index (χ4n) is 4.58. The number of rotatable bonds is 10. The standard InChI is InChI=1S/C28H30FN7O3/c1-18(12-31-17-30-3)34-21-7-8-25-23(11-21)24(19(2)37)15-35(25)16-27(38)36-14-20(29)10-26(36)28(39)33-13-22-6-4-5-9-32-22/h4-9,11-12,15,17,20,26,34H,3,10,13-14,16H2,1-2H3,(H,33,39)/b18-12+,31-17?/t20-,26+/m1/s1. The molecule has 0 bridgehead atoms. The predicted octanol–water partition coefficient (Wildman–Crippen LogP) is 3.50. The minimum absolute atomic E-state index is 0.0697. The van der Waals surface area contributed by atoms with Crippen LogP contribution in [0, 0.1) is 0 Å². The molecule has 11 heteroatoms. The van der Waals surface area contributed by atoms with Crippen LogP contribution in [0.25, 0.3) is 10.9 Å². The third-order valence-electron chi connectivity index (χ3n) is 6.37. The smallest absolute Gasteiger partial charge is 0.243 e. The zero-order valence-corrected chi connectivity index (χ0v) is 21.8. The van der Waals surface area contributed by atoms with Gasteiger partial charge < -0.3 is 20.1 Å². The number of hydrogen-bond acceptors (Lipinski definition) is 6.